The van der Waals surface area contributed by atoms with Crippen LogP contribution in [0.25, 0.3) is 0 Å². The summed E-state index contributed by atoms with van der Waals surface area (Å²) in [4.78, 5) is 4.47. The minimum atomic E-state index is 0.339. The minimum Gasteiger partial charge on any atom is -0.364 e. The molecule has 1 heterocycles. The monoisotopic (exact) mass is 266 g/mol. The molecule has 2 nitrogen and oxygen atoms in total. The van der Waals surface area contributed by atoms with Crippen LogP contribution in [0.2, 0.25) is 5.02 Å². The number of rotatable bonds is 5. The number of thioether (sulfide) groups is 1. The van der Waals surface area contributed by atoms with E-state index >= 15 is 0 Å². The van der Waals surface area contributed by atoms with E-state index in [1.165, 1.54) is 10.6 Å². The molecule has 0 spiro atoms. The number of halogens is 1. The average Bonchev–Trinajstić information content (AvgIpc) is 2.86. The van der Waals surface area contributed by atoms with Gasteiger partial charge in [-0.3, -0.25) is 0 Å². The van der Waals surface area contributed by atoms with Gasteiger partial charge in [0.1, 0.15) is 0 Å². The lowest BCUT2D eigenvalue weighted by molar-refractivity contribution is 0.646. The first-order valence-corrected chi connectivity index (χ1v) is 6.85. The van der Waals surface area contributed by atoms with E-state index in [-0.39, 0.29) is 0 Å². The first-order chi connectivity index (χ1) is 8.29. The third kappa shape index (κ3) is 3.53. The number of H-pyrrole nitrogens is 1. The second kappa shape index (κ2) is 6.15. The highest BCUT2D eigenvalue weighted by Crippen LogP contribution is 2.25. The van der Waals surface area contributed by atoms with Gasteiger partial charge in [-0.2, -0.15) is 0 Å². The predicted molar refractivity (Wildman–Crippen MR) is 74.8 cm³/mol. The Bertz CT molecular complexity index is 439. The lowest BCUT2D eigenvalue weighted by Gasteiger charge is -2.14. The highest BCUT2D eigenvalue weighted by Gasteiger charge is 2.09. The van der Waals surface area contributed by atoms with Gasteiger partial charge in [0.05, 0.1) is 6.04 Å². The molecular formula is C13H15ClN2S. The molecule has 0 aliphatic heterocycles. The number of aromatic nitrogens is 1. The summed E-state index contributed by atoms with van der Waals surface area (Å²) in [6, 6.07) is 12.4. The molecule has 0 fully saturated rings. The maximum Gasteiger partial charge on any atom is 0.0565 e. The van der Waals surface area contributed by atoms with Crippen molar-refractivity contribution in [2.75, 3.05) is 12.8 Å². The van der Waals surface area contributed by atoms with E-state index in [1.54, 1.807) is 0 Å². The van der Waals surface area contributed by atoms with E-state index in [4.69, 9.17) is 11.6 Å². The van der Waals surface area contributed by atoms with Crippen molar-refractivity contribution in [1.29, 1.82) is 0 Å². The average molecular weight is 267 g/mol. The molecule has 4 heteroatoms. The fourth-order valence-corrected chi connectivity index (χ4v) is 2.76. The number of hydrogen-bond acceptors (Lipinski definition) is 2. The molecule has 90 valence electrons. The Balaban J connectivity index is 1.94. The molecule has 1 unspecified atom stereocenters. The van der Waals surface area contributed by atoms with Crippen molar-refractivity contribution in [3.63, 3.8) is 0 Å². The highest BCUT2D eigenvalue weighted by molar-refractivity contribution is 7.99. The number of nitrogens with one attached hydrogen (secondary N) is 2. The van der Waals surface area contributed by atoms with Crippen molar-refractivity contribution in [3.8, 4) is 0 Å². The Hall–Kier alpha value is -0.900. The SMILES string of the molecule is CNC(CSc1ccc(Cl)cc1)c1ccc[nH]1. The van der Waals surface area contributed by atoms with E-state index in [2.05, 4.69) is 28.5 Å². The molecule has 0 aliphatic carbocycles. The number of hydrogen-bond donors (Lipinski definition) is 2. The summed E-state index contributed by atoms with van der Waals surface area (Å²) in [5.74, 6) is 0.985. The predicted octanol–water partition coefficient (Wildman–Crippen LogP) is 3.72. The fraction of sp³-hybridized carbons (Fsp3) is 0.231. The van der Waals surface area contributed by atoms with Crippen LogP contribution < -0.4 is 5.32 Å². The zero-order valence-electron chi connectivity index (χ0n) is 9.61. The summed E-state index contributed by atoms with van der Waals surface area (Å²) in [7, 11) is 1.98. The normalized spacial score (nSPS) is 12.6. The molecule has 0 saturated heterocycles. The lowest BCUT2D eigenvalue weighted by Crippen LogP contribution is -2.18. The highest BCUT2D eigenvalue weighted by atomic mass is 35.5. The van der Waals surface area contributed by atoms with Gasteiger partial charge in [-0.25, -0.2) is 0 Å². The number of benzene rings is 1. The van der Waals surface area contributed by atoms with E-state index in [9.17, 15) is 0 Å². The Morgan fingerprint density at radius 1 is 1.29 bits per heavy atom. The number of aromatic amines is 1. The van der Waals surface area contributed by atoms with Crippen LogP contribution in [0.3, 0.4) is 0 Å². The Morgan fingerprint density at radius 3 is 2.65 bits per heavy atom. The van der Waals surface area contributed by atoms with Crippen molar-refractivity contribution in [2.45, 2.75) is 10.9 Å². The maximum absolute atomic E-state index is 5.86. The molecule has 0 bridgehead atoms. The topological polar surface area (TPSA) is 27.8 Å². The van der Waals surface area contributed by atoms with Crippen LogP contribution in [0.1, 0.15) is 11.7 Å². The third-order valence-electron chi connectivity index (χ3n) is 2.58. The largest absolute Gasteiger partial charge is 0.364 e. The second-order valence-corrected chi connectivity index (χ2v) is 5.26. The third-order valence-corrected chi connectivity index (χ3v) is 3.93. The van der Waals surface area contributed by atoms with Crippen molar-refractivity contribution in [1.82, 2.24) is 10.3 Å². The Morgan fingerprint density at radius 2 is 2.06 bits per heavy atom. The van der Waals surface area contributed by atoms with Gasteiger partial charge in [-0.1, -0.05) is 11.6 Å². The molecule has 0 radical (unpaired) electrons. The van der Waals surface area contributed by atoms with Crippen LogP contribution in [0.4, 0.5) is 0 Å². The molecule has 1 aromatic carbocycles. The molecule has 17 heavy (non-hydrogen) atoms. The second-order valence-electron chi connectivity index (χ2n) is 3.73. The minimum absolute atomic E-state index is 0.339. The van der Waals surface area contributed by atoms with Gasteiger partial charge >= 0.3 is 0 Å². The first-order valence-electron chi connectivity index (χ1n) is 5.48. The van der Waals surface area contributed by atoms with E-state index < -0.39 is 0 Å². The van der Waals surface area contributed by atoms with E-state index in [0.29, 0.717) is 6.04 Å². The summed E-state index contributed by atoms with van der Waals surface area (Å²) in [5, 5.41) is 4.09. The zero-order valence-corrected chi connectivity index (χ0v) is 11.2. The summed E-state index contributed by atoms with van der Waals surface area (Å²) in [5.41, 5.74) is 1.22. The van der Waals surface area contributed by atoms with Crippen LogP contribution in [0.15, 0.2) is 47.5 Å². The summed E-state index contributed by atoms with van der Waals surface area (Å²) < 4.78 is 0. The summed E-state index contributed by atoms with van der Waals surface area (Å²) in [6.07, 6.45) is 1.95. The smallest absolute Gasteiger partial charge is 0.0565 e. The van der Waals surface area contributed by atoms with Gasteiger partial charge in [0.15, 0.2) is 0 Å². The fourth-order valence-electron chi connectivity index (χ4n) is 1.60. The molecule has 1 aromatic heterocycles. The Kier molecular flexibility index (Phi) is 4.54. The van der Waals surface area contributed by atoms with Gasteiger partial charge in [0.25, 0.3) is 0 Å². The zero-order chi connectivity index (χ0) is 12.1. The van der Waals surface area contributed by atoms with Gasteiger partial charge in [0, 0.05) is 27.6 Å². The quantitative estimate of drug-likeness (QED) is 0.808. The summed E-state index contributed by atoms with van der Waals surface area (Å²) >= 11 is 7.68. The van der Waals surface area contributed by atoms with Crippen molar-refractivity contribution in [2.24, 2.45) is 0 Å². The van der Waals surface area contributed by atoms with Crippen molar-refractivity contribution in [3.05, 3.63) is 53.3 Å². The Labute approximate surface area is 111 Å². The molecule has 0 amide bonds. The molecule has 0 saturated carbocycles. The molecule has 2 aromatic rings. The standard InChI is InChI=1S/C13H15ClN2S/c1-15-13(12-3-2-8-16-12)9-17-11-6-4-10(14)5-7-11/h2-8,13,15-16H,9H2,1H3. The van der Waals surface area contributed by atoms with Gasteiger partial charge in [0.2, 0.25) is 0 Å². The lowest BCUT2D eigenvalue weighted by atomic mass is 10.2. The molecular weight excluding hydrogens is 252 g/mol. The van der Waals surface area contributed by atoms with Crippen LogP contribution >= 0.6 is 23.4 Å². The van der Waals surface area contributed by atoms with Gasteiger partial charge in [-0.15, -0.1) is 11.8 Å². The maximum atomic E-state index is 5.86. The van der Waals surface area contributed by atoms with Crippen LogP contribution in [-0.2, 0) is 0 Å². The molecule has 1 atom stereocenters. The van der Waals surface area contributed by atoms with Crippen molar-refractivity contribution < 1.29 is 0 Å². The van der Waals surface area contributed by atoms with Crippen LogP contribution in [0.5, 0.6) is 0 Å². The molecule has 2 rings (SSSR count). The molecule has 0 aliphatic rings. The van der Waals surface area contributed by atoms with E-state index in [1.807, 2.05) is 43.2 Å². The van der Waals surface area contributed by atoms with Gasteiger partial charge < -0.3 is 10.3 Å². The molecule has 2 N–H and O–H groups in total. The van der Waals surface area contributed by atoms with Crippen LogP contribution in [0, 0.1) is 0 Å². The van der Waals surface area contributed by atoms with E-state index in [0.717, 1.165) is 10.8 Å². The first kappa shape index (κ1) is 12.6. The van der Waals surface area contributed by atoms with Crippen molar-refractivity contribution >= 4 is 23.4 Å². The van der Waals surface area contributed by atoms with Crippen LogP contribution in [-0.4, -0.2) is 17.8 Å². The van der Waals surface area contributed by atoms with Gasteiger partial charge in [-0.05, 0) is 43.4 Å². The summed E-state index contributed by atoms with van der Waals surface area (Å²) in [6.45, 7) is 0.